The molecule has 1 aliphatic rings. The molecule has 0 aromatic heterocycles. The number of hydrogen-bond acceptors (Lipinski definition) is 3. The number of ether oxygens (including phenoxy) is 3. The predicted molar refractivity (Wildman–Crippen MR) is 102 cm³/mol. The second-order valence-electron chi connectivity index (χ2n) is 6.18. The summed E-state index contributed by atoms with van der Waals surface area (Å²) in [7, 11) is 0. The molecule has 0 atom stereocenters. The lowest BCUT2D eigenvalue weighted by Crippen LogP contribution is -3.14. The largest absolute Gasteiger partial charge is 0.490 e. The second kappa shape index (κ2) is 11.5. The van der Waals surface area contributed by atoms with Gasteiger partial charge in [0.1, 0.15) is 26.2 Å². The van der Waals surface area contributed by atoms with E-state index in [1.807, 2.05) is 6.92 Å². The maximum atomic E-state index is 5.74. The van der Waals surface area contributed by atoms with Crippen LogP contribution in [0.15, 0.2) is 29.3 Å². The summed E-state index contributed by atoms with van der Waals surface area (Å²) in [6, 6.07) is 4.20. The molecule has 3 N–H and O–H groups in total. The molecule has 1 aliphatic heterocycles. The Bertz CT molecular complexity index is 534. The van der Waals surface area contributed by atoms with Crippen molar-refractivity contribution in [3.8, 4) is 11.5 Å². The van der Waals surface area contributed by atoms with Crippen LogP contribution < -0.4 is 19.7 Å². The van der Waals surface area contributed by atoms with Crippen LogP contribution in [-0.2, 0) is 11.3 Å². The van der Waals surface area contributed by atoms with E-state index in [2.05, 4.69) is 40.0 Å². The zero-order valence-corrected chi connectivity index (χ0v) is 16.8. The number of halogens is 1. The van der Waals surface area contributed by atoms with Gasteiger partial charge in [-0.1, -0.05) is 12.7 Å². The first kappa shape index (κ1) is 20.2. The van der Waals surface area contributed by atoms with Crippen LogP contribution in [0, 0.1) is 0 Å². The Balaban J connectivity index is 1.81. The maximum absolute atomic E-state index is 5.74. The van der Waals surface area contributed by atoms with Crippen molar-refractivity contribution in [2.24, 2.45) is 0 Å². The molecule has 0 bridgehead atoms. The summed E-state index contributed by atoms with van der Waals surface area (Å²) in [6.07, 6.45) is 2.97. The van der Waals surface area contributed by atoms with Gasteiger partial charge in [0.25, 0.3) is 0 Å². The Kier molecular flexibility index (Phi) is 9.32. The molecular formula is C19H31BrN2O3+2. The first-order chi connectivity index (χ1) is 12.2. The van der Waals surface area contributed by atoms with Gasteiger partial charge in [-0.25, -0.2) is 0 Å². The average Bonchev–Trinajstić information content (AvgIpc) is 2.62. The third-order valence-electron chi connectivity index (χ3n) is 4.23. The fraction of sp³-hybridized carbons (Fsp3) is 0.579. The fourth-order valence-electron chi connectivity index (χ4n) is 2.96. The fourth-order valence-corrected chi connectivity index (χ4v) is 3.56. The molecule has 6 heteroatoms. The van der Waals surface area contributed by atoms with Crippen LogP contribution in [0.25, 0.3) is 0 Å². The molecule has 1 saturated heterocycles. The highest BCUT2D eigenvalue weighted by atomic mass is 79.9. The minimum atomic E-state index is 0.466. The van der Waals surface area contributed by atoms with Crippen molar-refractivity contribution >= 4 is 15.9 Å². The van der Waals surface area contributed by atoms with Gasteiger partial charge in [0.05, 0.1) is 37.4 Å². The van der Waals surface area contributed by atoms with Gasteiger partial charge in [0.15, 0.2) is 11.5 Å². The molecular weight excluding hydrogens is 384 g/mol. The van der Waals surface area contributed by atoms with Gasteiger partial charge >= 0.3 is 0 Å². The van der Waals surface area contributed by atoms with Crippen molar-refractivity contribution < 1.29 is 24.4 Å². The van der Waals surface area contributed by atoms with Crippen LogP contribution in [0.4, 0.5) is 0 Å². The quantitative estimate of drug-likeness (QED) is 0.415. The van der Waals surface area contributed by atoms with Gasteiger partial charge in [-0.2, -0.15) is 0 Å². The molecule has 25 heavy (non-hydrogen) atoms. The summed E-state index contributed by atoms with van der Waals surface area (Å²) in [4.78, 5) is 1.67. The summed E-state index contributed by atoms with van der Waals surface area (Å²) in [5.41, 5.74) is 1.24. The number of rotatable bonds is 11. The molecule has 1 heterocycles. The van der Waals surface area contributed by atoms with E-state index < -0.39 is 0 Å². The van der Waals surface area contributed by atoms with Crippen molar-refractivity contribution in [3.05, 3.63) is 34.8 Å². The van der Waals surface area contributed by atoms with E-state index in [-0.39, 0.29) is 0 Å². The molecule has 1 aromatic carbocycles. The first-order valence-electron chi connectivity index (χ1n) is 9.16. The van der Waals surface area contributed by atoms with Crippen LogP contribution >= 0.6 is 15.9 Å². The standard InChI is InChI=1S/C19H29BrN2O3/c1-3-10-25-19-17(20)13-16(14-18(19)24-4-2)15-21-6-5-7-22-8-11-23-12-9-22/h3,13-14,21H,1,4-12,15H2,2H3/p+2. The Hall–Kier alpha value is -1.08. The molecule has 5 nitrogen and oxygen atoms in total. The molecule has 0 spiro atoms. The maximum Gasteiger partial charge on any atom is 0.175 e. The summed E-state index contributed by atoms with van der Waals surface area (Å²) in [6.45, 7) is 14.2. The summed E-state index contributed by atoms with van der Waals surface area (Å²) < 4.78 is 17.8. The summed E-state index contributed by atoms with van der Waals surface area (Å²) in [5.74, 6) is 1.54. The normalized spacial score (nSPS) is 15.1. The zero-order valence-electron chi connectivity index (χ0n) is 15.2. The molecule has 1 aromatic rings. The highest BCUT2D eigenvalue weighted by molar-refractivity contribution is 9.10. The minimum Gasteiger partial charge on any atom is -0.490 e. The molecule has 0 saturated carbocycles. The van der Waals surface area contributed by atoms with E-state index in [1.54, 1.807) is 11.0 Å². The minimum absolute atomic E-state index is 0.466. The molecule has 140 valence electrons. The SMILES string of the molecule is C=CCOc1c(Br)cc(C[NH2+]CCC[NH+]2CCOCC2)cc1OCC. The lowest BCUT2D eigenvalue weighted by Gasteiger charge is -2.23. The van der Waals surface area contributed by atoms with E-state index in [1.165, 1.54) is 18.5 Å². The number of morpholine rings is 1. The number of nitrogens with two attached hydrogens (primary N) is 1. The average molecular weight is 415 g/mol. The third kappa shape index (κ3) is 6.98. The first-order valence-corrected chi connectivity index (χ1v) is 9.95. The third-order valence-corrected chi connectivity index (χ3v) is 4.82. The van der Waals surface area contributed by atoms with Gasteiger partial charge in [0, 0.05) is 12.0 Å². The van der Waals surface area contributed by atoms with E-state index in [0.29, 0.717) is 13.2 Å². The Morgan fingerprint density at radius 1 is 1.32 bits per heavy atom. The zero-order chi connectivity index (χ0) is 17.9. The molecule has 0 radical (unpaired) electrons. The smallest absolute Gasteiger partial charge is 0.175 e. The number of quaternary nitrogens is 2. The van der Waals surface area contributed by atoms with Crippen molar-refractivity contribution in [3.63, 3.8) is 0 Å². The lowest BCUT2D eigenvalue weighted by molar-refractivity contribution is -0.909. The number of hydrogen-bond donors (Lipinski definition) is 2. The monoisotopic (exact) mass is 414 g/mol. The molecule has 0 aliphatic carbocycles. The van der Waals surface area contributed by atoms with Gasteiger partial charge in [-0.05, 0) is 35.0 Å². The number of nitrogens with one attached hydrogen (secondary N) is 1. The summed E-state index contributed by atoms with van der Waals surface area (Å²) in [5, 5.41) is 2.36. The Labute approximate surface area is 159 Å². The Morgan fingerprint density at radius 2 is 2.12 bits per heavy atom. The van der Waals surface area contributed by atoms with Crippen molar-refractivity contribution in [2.75, 3.05) is 52.6 Å². The van der Waals surface area contributed by atoms with Crippen LogP contribution in [0.2, 0.25) is 0 Å². The predicted octanol–water partition coefficient (Wildman–Crippen LogP) is 0.781. The van der Waals surface area contributed by atoms with Crippen molar-refractivity contribution in [1.29, 1.82) is 0 Å². The summed E-state index contributed by atoms with van der Waals surface area (Å²) >= 11 is 3.60. The molecule has 1 fully saturated rings. The van der Waals surface area contributed by atoms with Gasteiger partial charge in [-0.3, -0.25) is 0 Å². The van der Waals surface area contributed by atoms with E-state index in [4.69, 9.17) is 14.2 Å². The van der Waals surface area contributed by atoms with E-state index in [0.717, 1.165) is 55.4 Å². The highest BCUT2D eigenvalue weighted by Gasteiger charge is 2.14. The van der Waals surface area contributed by atoms with Gasteiger partial charge in [-0.15, -0.1) is 0 Å². The number of benzene rings is 1. The Morgan fingerprint density at radius 3 is 2.84 bits per heavy atom. The van der Waals surface area contributed by atoms with E-state index >= 15 is 0 Å². The van der Waals surface area contributed by atoms with Crippen molar-refractivity contribution in [2.45, 2.75) is 19.9 Å². The molecule has 0 unspecified atom stereocenters. The van der Waals surface area contributed by atoms with Crippen LogP contribution in [-0.4, -0.2) is 52.6 Å². The molecule has 0 amide bonds. The van der Waals surface area contributed by atoms with Crippen molar-refractivity contribution in [1.82, 2.24) is 0 Å². The highest BCUT2D eigenvalue weighted by Crippen LogP contribution is 2.36. The van der Waals surface area contributed by atoms with Gasteiger partial charge in [0.2, 0.25) is 0 Å². The van der Waals surface area contributed by atoms with Crippen LogP contribution in [0.5, 0.6) is 11.5 Å². The van der Waals surface area contributed by atoms with E-state index in [9.17, 15) is 0 Å². The lowest BCUT2D eigenvalue weighted by atomic mass is 10.2. The molecule has 2 rings (SSSR count). The second-order valence-corrected chi connectivity index (χ2v) is 7.04. The van der Waals surface area contributed by atoms with Gasteiger partial charge < -0.3 is 24.4 Å². The topological polar surface area (TPSA) is 48.7 Å². The van der Waals surface area contributed by atoms with Crippen LogP contribution in [0.1, 0.15) is 18.9 Å². The van der Waals surface area contributed by atoms with Crippen LogP contribution in [0.3, 0.4) is 0 Å².